The maximum atomic E-state index is 13.0. The van der Waals surface area contributed by atoms with Gasteiger partial charge in [0.1, 0.15) is 0 Å². The summed E-state index contributed by atoms with van der Waals surface area (Å²) in [5, 5.41) is 3.99. The number of rotatable bonds is 6. The molecule has 6 nitrogen and oxygen atoms in total. The first-order valence-electron chi connectivity index (χ1n) is 10.5. The Kier molecular flexibility index (Phi) is 6.62. The van der Waals surface area contributed by atoms with Crippen molar-refractivity contribution in [3.8, 4) is 0 Å². The van der Waals surface area contributed by atoms with E-state index >= 15 is 0 Å². The van der Waals surface area contributed by atoms with E-state index in [1.807, 2.05) is 24.3 Å². The number of halogens is 1. The van der Waals surface area contributed by atoms with Crippen molar-refractivity contribution in [3.05, 3.63) is 53.3 Å². The SMILES string of the molecule is O=C(NC[C@H](c1ccccc1Cl)N1CCCC1)[C@@H]1CCCN(c2ncccn2)C1. The Morgan fingerprint density at radius 2 is 1.86 bits per heavy atom. The maximum Gasteiger partial charge on any atom is 0.225 e. The zero-order valence-electron chi connectivity index (χ0n) is 16.6. The monoisotopic (exact) mass is 413 g/mol. The van der Waals surface area contributed by atoms with Gasteiger partial charge in [-0.3, -0.25) is 9.69 Å². The van der Waals surface area contributed by atoms with Gasteiger partial charge in [-0.1, -0.05) is 29.8 Å². The molecule has 2 saturated heterocycles. The van der Waals surface area contributed by atoms with Crippen LogP contribution in [0.25, 0.3) is 0 Å². The van der Waals surface area contributed by atoms with Crippen LogP contribution in [-0.2, 0) is 4.79 Å². The van der Waals surface area contributed by atoms with Gasteiger partial charge >= 0.3 is 0 Å². The number of nitrogens with one attached hydrogen (secondary N) is 1. The summed E-state index contributed by atoms with van der Waals surface area (Å²) in [6.45, 7) is 4.24. The maximum absolute atomic E-state index is 13.0. The molecule has 1 aromatic heterocycles. The molecule has 0 aliphatic carbocycles. The second-order valence-electron chi connectivity index (χ2n) is 7.86. The molecule has 154 valence electrons. The minimum atomic E-state index is -0.0435. The van der Waals surface area contributed by atoms with Crippen LogP contribution in [0.2, 0.25) is 5.02 Å². The molecule has 2 aromatic rings. The minimum Gasteiger partial charge on any atom is -0.354 e. The highest BCUT2D eigenvalue weighted by molar-refractivity contribution is 6.31. The molecule has 1 N–H and O–H groups in total. The fraction of sp³-hybridized carbons (Fsp3) is 0.500. The quantitative estimate of drug-likeness (QED) is 0.787. The normalized spacial score (nSPS) is 21.1. The summed E-state index contributed by atoms with van der Waals surface area (Å²) in [6.07, 6.45) is 7.76. The van der Waals surface area contributed by atoms with Crippen molar-refractivity contribution in [1.29, 1.82) is 0 Å². The van der Waals surface area contributed by atoms with Gasteiger partial charge in [-0.15, -0.1) is 0 Å². The molecule has 2 fully saturated rings. The Morgan fingerprint density at radius 1 is 1.10 bits per heavy atom. The summed E-state index contributed by atoms with van der Waals surface area (Å²) in [5.41, 5.74) is 1.10. The van der Waals surface area contributed by atoms with E-state index in [1.54, 1.807) is 12.4 Å². The van der Waals surface area contributed by atoms with E-state index in [0.29, 0.717) is 19.0 Å². The summed E-state index contributed by atoms with van der Waals surface area (Å²) in [6, 6.07) is 9.91. The van der Waals surface area contributed by atoms with Crippen LogP contribution < -0.4 is 10.2 Å². The van der Waals surface area contributed by atoms with E-state index in [4.69, 9.17) is 11.6 Å². The summed E-state index contributed by atoms with van der Waals surface area (Å²) >= 11 is 6.49. The summed E-state index contributed by atoms with van der Waals surface area (Å²) in [7, 11) is 0. The van der Waals surface area contributed by atoms with Gasteiger partial charge in [0.15, 0.2) is 0 Å². The number of anilines is 1. The van der Waals surface area contributed by atoms with Gasteiger partial charge in [0, 0.05) is 37.1 Å². The van der Waals surface area contributed by atoms with Gasteiger partial charge in [-0.05, 0) is 56.5 Å². The van der Waals surface area contributed by atoms with Gasteiger partial charge in [-0.2, -0.15) is 0 Å². The number of hydrogen-bond donors (Lipinski definition) is 1. The molecule has 1 aromatic carbocycles. The Morgan fingerprint density at radius 3 is 2.62 bits per heavy atom. The second-order valence-corrected chi connectivity index (χ2v) is 8.27. The van der Waals surface area contributed by atoms with Gasteiger partial charge in [0.2, 0.25) is 11.9 Å². The van der Waals surface area contributed by atoms with Gasteiger partial charge in [0.25, 0.3) is 0 Å². The lowest BCUT2D eigenvalue weighted by Crippen LogP contribution is -2.45. The molecule has 0 bridgehead atoms. The zero-order valence-corrected chi connectivity index (χ0v) is 17.4. The van der Waals surface area contributed by atoms with Crippen LogP contribution >= 0.6 is 11.6 Å². The van der Waals surface area contributed by atoms with Crippen LogP contribution in [0.4, 0.5) is 5.95 Å². The van der Waals surface area contributed by atoms with Crippen LogP contribution in [-0.4, -0.2) is 53.5 Å². The van der Waals surface area contributed by atoms with Gasteiger partial charge in [0.05, 0.1) is 12.0 Å². The standard InChI is InChI=1S/C22H28ClN5O/c23-19-9-2-1-8-18(19)20(27-12-3-4-13-27)15-26-21(29)17-7-5-14-28(16-17)22-24-10-6-11-25-22/h1-2,6,8-11,17,20H,3-5,7,12-16H2,(H,26,29)/t17-,20-/m1/s1. The van der Waals surface area contributed by atoms with Crippen molar-refractivity contribution in [2.75, 3.05) is 37.6 Å². The van der Waals surface area contributed by atoms with Crippen molar-refractivity contribution in [1.82, 2.24) is 20.2 Å². The van der Waals surface area contributed by atoms with Crippen LogP contribution in [0.15, 0.2) is 42.7 Å². The molecule has 0 radical (unpaired) electrons. The van der Waals surface area contributed by atoms with E-state index in [9.17, 15) is 4.79 Å². The molecular weight excluding hydrogens is 386 g/mol. The largest absolute Gasteiger partial charge is 0.354 e. The third-order valence-electron chi connectivity index (χ3n) is 5.94. The zero-order chi connectivity index (χ0) is 20.1. The average molecular weight is 414 g/mol. The number of likely N-dealkylation sites (tertiary alicyclic amines) is 1. The predicted molar refractivity (Wildman–Crippen MR) is 115 cm³/mol. The fourth-order valence-electron chi connectivity index (χ4n) is 4.40. The van der Waals surface area contributed by atoms with Crippen molar-refractivity contribution < 1.29 is 4.79 Å². The van der Waals surface area contributed by atoms with Crippen molar-refractivity contribution in [3.63, 3.8) is 0 Å². The van der Waals surface area contributed by atoms with E-state index in [1.165, 1.54) is 12.8 Å². The lowest BCUT2D eigenvalue weighted by Gasteiger charge is -2.33. The summed E-state index contributed by atoms with van der Waals surface area (Å²) in [5.74, 6) is 0.774. The Balaban J connectivity index is 1.40. The van der Waals surface area contributed by atoms with Crippen LogP contribution in [0.1, 0.15) is 37.3 Å². The number of hydrogen-bond acceptors (Lipinski definition) is 5. The van der Waals surface area contributed by atoms with E-state index in [2.05, 4.69) is 31.2 Å². The molecule has 0 saturated carbocycles. The molecule has 29 heavy (non-hydrogen) atoms. The number of carbonyl (C=O) groups excluding carboxylic acids is 1. The average Bonchev–Trinajstić information content (AvgIpc) is 3.30. The lowest BCUT2D eigenvalue weighted by molar-refractivity contribution is -0.125. The number of amides is 1. The van der Waals surface area contributed by atoms with Crippen LogP contribution in [0, 0.1) is 5.92 Å². The summed E-state index contributed by atoms with van der Waals surface area (Å²) in [4.78, 5) is 26.2. The highest BCUT2D eigenvalue weighted by atomic mass is 35.5. The van der Waals surface area contributed by atoms with Crippen LogP contribution in [0.3, 0.4) is 0 Å². The highest BCUT2D eigenvalue weighted by Gasteiger charge is 2.29. The lowest BCUT2D eigenvalue weighted by atomic mass is 9.97. The van der Waals surface area contributed by atoms with Crippen LogP contribution in [0.5, 0.6) is 0 Å². The molecule has 0 unspecified atom stereocenters. The number of aromatic nitrogens is 2. The number of piperidine rings is 1. The molecule has 7 heteroatoms. The van der Waals surface area contributed by atoms with Crippen molar-refractivity contribution in [2.45, 2.75) is 31.7 Å². The number of nitrogens with zero attached hydrogens (tertiary/aromatic N) is 4. The summed E-state index contributed by atoms with van der Waals surface area (Å²) < 4.78 is 0. The van der Waals surface area contributed by atoms with Gasteiger partial charge < -0.3 is 10.2 Å². The third kappa shape index (κ3) is 4.87. The molecule has 3 heterocycles. The predicted octanol–water partition coefficient (Wildman–Crippen LogP) is 3.30. The van der Waals surface area contributed by atoms with E-state index < -0.39 is 0 Å². The molecule has 4 rings (SSSR count). The molecular formula is C22H28ClN5O. The number of carbonyl (C=O) groups is 1. The Bertz CT molecular complexity index is 812. The molecule has 2 aliphatic heterocycles. The molecule has 2 aliphatic rings. The van der Waals surface area contributed by atoms with Gasteiger partial charge in [-0.25, -0.2) is 9.97 Å². The Labute approximate surface area is 177 Å². The topological polar surface area (TPSA) is 61.4 Å². The fourth-order valence-corrected chi connectivity index (χ4v) is 4.66. The molecule has 0 spiro atoms. The highest BCUT2D eigenvalue weighted by Crippen LogP contribution is 2.30. The van der Waals surface area contributed by atoms with E-state index in [0.717, 1.165) is 43.1 Å². The van der Waals surface area contributed by atoms with Crippen molar-refractivity contribution in [2.24, 2.45) is 5.92 Å². The first kappa shape index (κ1) is 20.1. The minimum absolute atomic E-state index is 0.0435. The molecule has 1 amide bonds. The van der Waals surface area contributed by atoms with E-state index in [-0.39, 0.29) is 17.9 Å². The Hall–Kier alpha value is -2.18. The van der Waals surface area contributed by atoms with Crippen molar-refractivity contribution >= 4 is 23.5 Å². The smallest absolute Gasteiger partial charge is 0.225 e. The first-order chi connectivity index (χ1) is 14.2. The number of benzene rings is 1. The third-order valence-corrected chi connectivity index (χ3v) is 6.29. The second kappa shape index (κ2) is 9.55. The first-order valence-corrected chi connectivity index (χ1v) is 10.9. The molecule has 2 atom stereocenters.